The second kappa shape index (κ2) is 14.5. The van der Waals surface area contributed by atoms with Crippen molar-refractivity contribution in [1.29, 1.82) is 0 Å². The van der Waals surface area contributed by atoms with Crippen molar-refractivity contribution in [2.45, 2.75) is 0 Å². The summed E-state index contributed by atoms with van der Waals surface area (Å²) in [6.45, 7) is 0. The van der Waals surface area contributed by atoms with Gasteiger partial charge in [-0.2, -0.15) is 0 Å². The lowest BCUT2D eigenvalue weighted by atomic mass is 10.0. The fourth-order valence-corrected chi connectivity index (χ4v) is 9.69. The number of nitrogens with zero attached hydrogens (tertiary/aromatic N) is 5. The summed E-state index contributed by atoms with van der Waals surface area (Å²) in [5.74, 6) is 1.91. The van der Waals surface area contributed by atoms with E-state index in [9.17, 15) is 0 Å². The van der Waals surface area contributed by atoms with E-state index in [0.29, 0.717) is 17.5 Å². The number of aromatic nitrogens is 5. The molecule has 0 saturated carbocycles. The number of para-hydroxylation sites is 2. The van der Waals surface area contributed by atoms with E-state index in [4.69, 9.17) is 15.0 Å². The van der Waals surface area contributed by atoms with Crippen LogP contribution in [0, 0.1) is 0 Å². The van der Waals surface area contributed by atoms with Crippen molar-refractivity contribution in [3.63, 3.8) is 0 Å². The Labute approximate surface area is 368 Å². The Morgan fingerprint density at radius 3 is 1.52 bits per heavy atom. The molecule has 64 heavy (non-hydrogen) atoms. The molecule has 0 unspecified atom stereocenters. The highest BCUT2D eigenvalue weighted by molar-refractivity contribution is 6.21. The van der Waals surface area contributed by atoms with E-state index in [0.717, 1.165) is 55.4 Å². The fourth-order valence-electron chi connectivity index (χ4n) is 9.69. The Morgan fingerprint density at radius 2 is 0.766 bits per heavy atom. The average Bonchev–Trinajstić information content (AvgIpc) is 3.86. The van der Waals surface area contributed by atoms with E-state index < -0.39 is 0 Å². The first-order valence-corrected chi connectivity index (χ1v) is 21.7. The van der Waals surface area contributed by atoms with Crippen LogP contribution in [0.2, 0.25) is 0 Å². The molecule has 298 valence electrons. The van der Waals surface area contributed by atoms with Crippen LogP contribution in [-0.4, -0.2) is 24.1 Å². The van der Waals surface area contributed by atoms with E-state index in [1.54, 1.807) is 0 Å². The van der Waals surface area contributed by atoms with Gasteiger partial charge < -0.3 is 9.13 Å². The molecule has 0 atom stereocenters. The van der Waals surface area contributed by atoms with E-state index in [2.05, 4.69) is 209 Å². The molecule has 0 saturated heterocycles. The average molecular weight is 816 g/mol. The lowest BCUT2D eigenvalue weighted by Crippen LogP contribution is -2.01. The van der Waals surface area contributed by atoms with Gasteiger partial charge >= 0.3 is 0 Å². The van der Waals surface area contributed by atoms with Gasteiger partial charge in [-0.3, -0.25) is 0 Å². The first kappa shape index (κ1) is 36.0. The third kappa shape index (κ3) is 5.83. The normalized spacial score (nSPS) is 11.8. The molecular weight excluding hydrogens is 779 g/mol. The molecule has 0 aliphatic carbocycles. The van der Waals surface area contributed by atoms with Crippen molar-refractivity contribution in [1.82, 2.24) is 24.1 Å². The maximum atomic E-state index is 5.17. The summed E-state index contributed by atoms with van der Waals surface area (Å²) in [6.07, 6.45) is 0. The molecule has 5 heteroatoms. The van der Waals surface area contributed by atoms with Gasteiger partial charge in [-0.15, -0.1) is 0 Å². The third-order valence-corrected chi connectivity index (χ3v) is 12.7. The summed E-state index contributed by atoms with van der Waals surface area (Å²) in [7, 11) is 0. The van der Waals surface area contributed by atoms with Crippen molar-refractivity contribution in [2.75, 3.05) is 0 Å². The number of rotatable bonds is 6. The Kier molecular flexibility index (Phi) is 8.15. The van der Waals surface area contributed by atoms with Gasteiger partial charge in [-0.25, -0.2) is 15.0 Å². The van der Waals surface area contributed by atoms with E-state index in [1.165, 1.54) is 48.9 Å². The van der Waals surface area contributed by atoms with E-state index in [-0.39, 0.29) is 0 Å². The Morgan fingerprint density at radius 1 is 0.250 bits per heavy atom. The zero-order valence-corrected chi connectivity index (χ0v) is 34.6. The predicted octanol–water partition coefficient (Wildman–Crippen LogP) is 15.0. The van der Waals surface area contributed by atoms with E-state index in [1.807, 2.05) is 24.3 Å². The minimum atomic E-state index is 0.634. The highest BCUT2D eigenvalue weighted by Gasteiger charge is 2.20. The molecule has 5 nitrogen and oxygen atoms in total. The quantitative estimate of drug-likeness (QED) is 0.168. The number of fused-ring (bicyclic) bond motifs is 8. The second-order valence-corrected chi connectivity index (χ2v) is 16.5. The van der Waals surface area contributed by atoms with Crippen LogP contribution in [0.25, 0.3) is 122 Å². The predicted molar refractivity (Wildman–Crippen MR) is 265 cm³/mol. The lowest BCUT2D eigenvalue weighted by molar-refractivity contribution is 1.08. The van der Waals surface area contributed by atoms with Crippen LogP contribution in [0.1, 0.15) is 0 Å². The Balaban J connectivity index is 0.993. The van der Waals surface area contributed by atoms with Crippen LogP contribution >= 0.6 is 0 Å². The van der Waals surface area contributed by atoms with Crippen LogP contribution in [0.4, 0.5) is 0 Å². The fraction of sp³-hybridized carbons (Fsp3) is 0. The molecule has 0 aliphatic heterocycles. The van der Waals surface area contributed by atoms with Gasteiger partial charge in [0.15, 0.2) is 17.5 Å². The van der Waals surface area contributed by atoms with Crippen LogP contribution < -0.4 is 0 Å². The van der Waals surface area contributed by atoms with Crippen LogP contribution in [0.15, 0.2) is 224 Å². The largest absolute Gasteiger partial charge is 0.309 e. The zero-order valence-electron chi connectivity index (χ0n) is 34.6. The Hall–Kier alpha value is -8.67. The molecule has 0 aliphatic rings. The molecule has 10 aromatic carbocycles. The minimum Gasteiger partial charge on any atom is -0.309 e. The number of hydrogen-bond donors (Lipinski definition) is 0. The molecule has 3 aromatic heterocycles. The standard InChI is InChI=1S/C59H37N5/c1-4-15-38(16-5-1)39-27-29-41(30-28-39)58-60-57(40-17-6-2-7-18-40)61-59(62-58)49-25-14-21-44-33-46(31-32-47(44)49)64-53-26-13-12-24-48(53)51-36-52-50-34-42-19-10-11-20-43(42)35-54(50)63(56(52)37-55(51)64)45-22-8-3-9-23-45/h1-37H. The number of benzene rings is 10. The summed E-state index contributed by atoms with van der Waals surface area (Å²) >= 11 is 0. The molecule has 13 rings (SSSR count). The maximum absolute atomic E-state index is 5.17. The van der Waals surface area contributed by atoms with Gasteiger partial charge in [-0.05, 0) is 87.3 Å². The van der Waals surface area contributed by atoms with Crippen LogP contribution in [0.3, 0.4) is 0 Å². The monoisotopic (exact) mass is 815 g/mol. The topological polar surface area (TPSA) is 48.5 Å². The minimum absolute atomic E-state index is 0.634. The zero-order chi connectivity index (χ0) is 42.1. The van der Waals surface area contributed by atoms with Crippen molar-refractivity contribution >= 4 is 65.2 Å². The van der Waals surface area contributed by atoms with Crippen molar-refractivity contribution in [2.24, 2.45) is 0 Å². The molecular formula is C59H37N5. The van der Waals surface area contributed by atoms with Crippen LogP contribution in [-0.2, 0) is 0 Å². The molecule has 0 spiro atoms. The lowest BCUT2D eigenvalue weighted by Gasteiger charge is -2.13. The molecule has 0 amide bonds. The highest BCUT2D eigenvalue weighted by atomic mass is 15.0. The third-order valence-electron chi connectivity index (χ3n) is 12.7. The molecule has 13 aromatic rings. The first-order valence-electron chi connectivity index (χ1n) is 21.7. The molecule has 0 radical (unpaired) electrons. The summed E-state index contributed by atoms with van der Waals surface area (Å²) in [6, 6.07) is 79.9. The first-order chi connectivity index (χ1) is 31.7. The van der Waals surface area contributed by atoms with Gasteiger partial charge in [0.2, 0.25) is 0 Å². The molecule has 0 fully saturated rings. The maximum Gasteiger partial charge on any atom is 0.164 e. The number of hydrogen-bond acceptors (Lipinski definition) is 3. The van der Waals surface area contributed by atoms with Crippen molar-refractivity contribution in [3.05, 3.63) is 224 Å². The summed E-state index contributed by atoms with van der Waals surface area (Å²) in [5, 5.41) is 9.56. The van der Waals surface area contributed by atoms with Gasteiger partial charge in [0, 0.05) is 49.6 Å². The van der Waals surface area contributed by atoms with E-state index >= 15 is 0 Å². The molecule has 0 bridgehead atoms. The van der Waals surface area contributed by atoms with Gasteiger partial charge in [-0.1, -0.05) is 170 Å². The molecule has 3 heterocycles. The second-order valence-electron chi connectivity index (χ2n) is 16.5. The van der Waals surface area contributed by atoms with Crippen molar-refractivity contribution in [3.8, 4) is 56.7 Å². The van der Waals surface area contributed by atoms with Gasteiger partial charge in [0.1, 0.15) is 0 Å². The highest BCUT2D eigenvalue weighted by Crippen LogP contribution is 2.41. The van der Waals surface area contributed by atoms with Crippen molar-refractivity contribution < 1.29 is 0 Å². The summed E-state index contributed by atoms with van der Waals surface area (Å²) < 4.78 is 4.85. The Bertz CT molecular complexity index is 3930. The summed E-state index contributed by atoms with van der Waals surface area (Å²) in [4.78, 5) is 15.3. The van der Waals surface area contributed by atoms with Crippen LogP contribution in [0.5, 0.6) is 0 Å². The van der Waals surface area contributed by atoms with Gasteiger partial charge in [0.25, 0.3) is 0 Å². The molecule has 0 N–H and O–H groups in total. The smallest absolute Gasteiger partial charge is 0.164 e. The van der Waals surface area contributed by atoms with Gasteiger partial charge in [0.05, 0.1) is 22.1 Å². The SMILES string of the molecule is c1ccc(-c2ccc(-c3nc(-c4ccccc4)nc(-c4cccc5cc(-n6c7ccccc7c7cc8c9cc%10ccccc%10cc9n(-c9ccccc9)c8cc76)ccc45)n3)cc2)cc1. The summed E-state index contributed by atoms with van der Waals surface area (Å²) in [5.41, 5.74) is 12.1.